The Bertz CT molecular complexity index is 735. The van der Waals surface area contributed by atoms with Crippen LogP contribution in [0.25, 0.3) is 5.57 Å². The summed E-state index contributed by atoms with van der Waals surface area (Å²) in [6.07, 6.45) is 6.69. The van der Waals surface area contributed by atoms with E-state index in [0.29, 0.717) is 6.71 Å². The number of aryl methyl sites for hydroxylation is 2. The van der Waals surface area contributed by atoms with Crippen LogP contribution in [0.3, 0.4) is 0 Å². The minimum Gasteiger partial charge on any atom is -0.0897 e. The van der Waals surface area contributed by atoms with Crippen molar-refractivity contribution in [2.24, 2.45) is 0 Å². The second-order valence-electron chi connectivity index (χ2n) is 6.82. The van der Waals surface area contributed by atoms with Crippen molar-refractivity contribution in [2.75, 3.05) is 0 Å². The van der Waals surface area contributed by atoms with E-state index in [1.165, 1.54) is 33.3 Å². The van der Waals surface area contributed by atoms with Gasteiger partial charge in [-0.2, -0.15) is 0 Å². The molecule has 0 heterocycles. The number of allylic oxidation sites excluding steroid dienone is 4. The van der Waals surface area contributed by atoms with E-state index < -0.39 is 0 Å². The largest absolute Gasteiger partial charge is 0.165 e. The summed E-state index contributed by atoms with van der Waals surface area (Å²) in [6, 6.07) is 17.5. The maximum Gasteiger partial charge on any atom is 0.165 e. The van der Waals surface area contributed by atoms with Crippen LogP contribution < -0.4 is 0 Å². The highest BCUT2D eigenvalue weighted by atomic mass is 14.1. The van der Waals surface area contributed by atoms with Gasteiger partial charge in [-0.05, 0) is 54.5 Å². The van der Waals surface area contributed by atoms with E-state index in [2.05, 4.69) is 95.1 Å². The molecule has 0 bridgehead atoms. The monoisotopic (exact) mass is 316 g/mol. The third kappa shape index (κ3) is 4.51. The summed E-state index contributed by atoms with van der Waals surface area (Å²) in [5, 5.41) is 0. The van der Waals surface area contributed by atoms with Crippen LogP contribution in [-0.4, -0.2) is 6.71 Å². The Morgan fingerprint density at radius 3 is 2.12 bits per heavy atom. The molecule has 2 rings (SSSR count). The smallest absolute Gasteiger partial charge is 0.0897 e. The molecule has 1 heteroatoms. The lowest BCUT2D eigenvalue weighted by Crippen LogP contribution is -2.12. The molecule has 124 valence electrons. The molecule has 0 fully saturated rings. The first-order chi connectivity index (χ1) is 11.5. The van der Waals surface area contributed by atoms with Crippen LogP contribution in [0, 0.1) is 13.8 Å². The van der Waals surface area contributed by atoms with Crippen LogP contribution in [0.5, 0.6) is 0 Å². The summed E-state index contributed by atoms with van der Waals surface area (Å²) >= 11 is 0. The fraction of sp³-hybridized carbons (Fsp3) is 0.304. The van der Waals surface area contributed by atoms with Gasteiger partial charge < -0.3 is 0 Å². The quantitative estimate of drug-likeness (QED) is 0.418. The molecule has 0 aromatic heterocycles. The van der Waals surface area contributed by atoms with Crippen molar-refractivity contribution in [2.45, 2.75) is 47.3 Å². The minimum absolute atomic E-state index is 0.515. The van der Waals surface area contributed by atoms with Gasteiger partial charge >= 0.3 is 0 Å². The van der Waals surface area contributed by atoms with Crippen molar-refractivity contribution in [1.82, 2.24) is 0 Å². The zero-order valence-electron chi connectivity index (χ0n) is 15.8. The van der Waals surface area contributed by atoms with E-state index in [1.54, 1.807) is 0 Å². The molecular weight excluding hydrogens is 287 g/mol. The van der Waals surface area contributed by atoms with E-state index in [0.717, 1.165) is 12.8 Å². The predicted molar refractivity (Wildman–Crippen MR) is 110 cm³/mol. The van der Waals surface area contributed by atoms with Gasteiger partial charge in [-0.25, -0.2) is 0 Å². The van der Waals surface area contributed by atoms with Crippen LogP contribution >= 0.6 is 0 Å². The van der Waals surface area contributed by atoms with E-state index in [1.807, 2.05) is 0 Å². The Hall–Kier alpha value is -2.02. The summed E-state index contributed by atoms with van der Waals surface area (Å²) in [6.45, 7) is 11.8. The van der Waals surface area contributed by atoms with Gasteiger partial charge in [-0.3, -0.25) is 0 Å². The van der Waals surface area contributed by atoms with Gasteiger partial charge in [-0.1, -0.05) is 86.7 Å². The number of hydrogen-bond acceptors (Lipinski definition) is 0. The molecule has 2 aromatic rings. The lowest BCUT2D eigenvalue weighted by atomic mass is 9.46. The number of hydrogen-bond donors (Lipinski definition) is 0. The molecule has 0 amide bonds. The third-order valence-corrected chi connectivity index (χ3v) is 4.64. The van der Waals surface area contributed by atoms with Gasteiger partial charge in [0.25, 0.3) is 0 Å². The average Bonchev–Trinajstić information content (AvgIpc) is 2.56. The van der Waals surface area contributed by atoms with Crippen molar-refractivity contribution < 1.29 is 0 Å². The van der Waals surface area contributed by atoms with Crippen molar-refractivity contribution in [3.05, 3.63) is 88.4 Å². The lowest BCUT2D eigenvalue weighted by molar-refractivity contribution is 1.18. The van der Waals surface area contributed by atoms with E-state index in [4.69, 9.17) is 0 Å². The molecule has 0 N–H and O–H groups in total. The van der Waals surface area contributed by atoms with Crippen molar-refractivity contribution >= 4 is 12.3 Å². The average molecular weight is 316 g/mol. The number of benzene rings is 2. The van der Waals surface area contributed by atoms with Crippen LogP contribution in [0.15, 0.2) is 66.2 Å². The highest BCUT2D eigenvalue weighted by Crippen LogP contribution is 2.28. The lowest BCUT2D eigenvalue weighted by Gasteiger charge is -2.18. The highest BCUT2D eigenvalue weighted by molar-refractivity contribution is 6.65. The molecule has 24 heavy (non-hydrogen) atoms. The molecule has 0 saturated heterocycles. The second-order valence-corrected chi connectivity index (χ2v) is 6.82. The molecule has 0 aliphatic rings. The molecule has 0 aliphatic carbocycles. The molecule has 0 radical (unpaired) electrons. The van der Waals surface area contributed by atoms with Gasteiger partial charge in [0.2, 0.25) is 0 Å². The summed E-state index contributed by atoms with van der Waals surface area (Å²) in [5.74, 6) is 0. The fourth-order valence-corrected chi connectivity index (χ4v) is 3.10. The molecule has 2 aromatic carbocycles. The van der Waals surface area contributed by atoms with Crippen LogP contribution in [-0.2, 0) is 6.42 Å². The van der Waals surface area contributed by atoms with Crippen LogP contribution in [0.1, 0.15) is 35.6 Å². The van der Waals surface area contributed by atoms with Crippen molar-refractivity contribution in [3.63, 3.8) is 0 Å². The summed E-state index contributed by atoms with van der Waals surface area (Å²) in [4.78, 5) is 0. The van der Waals surface area contributed by atoms with E-state index >= 15 is 0 Å². The van der Waals surface area contributed by atoms with Crippen LogP contribution in [0.2, 0.25) is 13.6 Å². The van der Waals surface area contributed by atoms with Gasteiger partial charge in [0.05, 0.1) is 0 Å². The Kier molecular flexibility index (Phi) is 6.67. The summed E-state index contributed by atoms with van der Waals surface area (Å²) in [7, 11) is 0. The fourth-order valence-electron chi connectivity index (χ4n) is 3.10. The Morgan fingerprint density at radius 1 is 0.917 bits per heavy atom. The zero-order chi connectivity index (χ0) is 17.5. The van der Waals surface area contributed by atoms with Gasteiger partial charge in [0.1, 0.15) is 0 Å². The molecule has 0 nitrogen and oxygen atoms in total. The van der Waals surface area contributed by atoms with Crippen molar-refractivity contribution in [3.8, 4) is 0 Å². The third-order valence-electron chi connectivity index (χ3n) is 4.64. The van der Waals surface area contributed by atoms with Gasteiger partial charge in [0, 0.05) is 0 Å². The first kappa shape index (κ1) is 18.3. The molecule has 0 spiro atoms. The molecule has 0 saturated carbocycles. The topological polar surface area (TPSA) is 0 Å². The van der Waals surface area contributed by atoms with Gasteiger partial charge in [-0.15, -0.1) is 0 Å². The predicted octanol–water partition coefficient (Wildman–Crippen LogP) is 6.56. The maximum atomic E-state index is 2.33. The summed E-state index contributed by atoms with van der Waals surface area (Å²) in [5.41, 5.74) is 8.42. The minimum atomic E-state index is 0.515. The van der Waals surface area contributed by atoms with Crippen molar-refractivity contribution in [1.29, 1.82) is 0 Å². The maximum absolute atomic E-state index is 2.33. The first-order valence-corrected chi connectivity index (χ1v) is 9.04. The molecular formula is C23H29B. The molecule has 0 unspecified atom stereocenters. The second kappa shape index (κ2) is 8.73. The Balaban J connectivity index is 2.60. The standard InChI is InChI=1S/C23H29B/c1-6-7-15-22(21-16-11-9-13-19(21)3)23(24(4)5)17-20-14-10-8-12-18(20)2/h7-16H,6,17H2,1-5H3/b15-7-,23-22-. The Labute approximate surface area is 148 Å². The van der Waals surface area contributed by atoms with E-state index in [9.17, 15) is 0 Å². The SMILES string of the molecule is CC/C=C\C(=C(/Cc1ccccc1C)B(C)C)c1ccccc1C. The Morgan fingerprint density at radius 2 is 1.54 bits per heavy atom. The summed E-state index contributed by atoms with van der Waals surface area (Å²) < 4.78 is 0. The molecule has 0 aliphatic heterocycles. The van der Waals surface area contributed by atoms with Crippen LogP contribution in [0.4, 0.5) is 0 Å². The first-order valence-electron chi connectivity index (χ1n) is 9.04. The molecule has 0 atom stereocenters. The zero-order valence-corrected chi connectivity index (χ0v) is 15.8. The van der Waals surface area contributed by atoms with E-state index in [-0.39, 0.29) is 0 Å². The van der Waals surface area contributed by atoms with Gasteiger partial charge in [0.15, 0.2) is 6.71 Å². The highest BCUT2D eigenvalue weighted by Gasteiger charge is 2.15. The normalized spacial score (nSPS) is 12.4. The number of rotatable bonds is 6.